The second kappa shape index (κ2) is 10.6. The predicted molar refractivity (Wildman–Crippen MR) is 144 cm³/mol. The van der Waals surface area contributed by atoms with E-state index in [0.29, 0.717) is 17.4 Å². The zero-order valence-corrected chi connectivity index (χ0v) is 23.9. The van der Waals surface area contributed by atoms with Gasteiger partial charge in [-0.3, -0.25) is 0 Å². The van der Waals surface area contributed by atoms with Crippen LogP contribution in [0.5, 0.6) is 0 Å². The summed E-state index contributed by atoms with van der Waals surface area (Å²) < 4.78 is 34.2. The van der Waals surface area contributed by atoms with Gasteiger partial charge < -0.3 is 4.74 Å². The highest BCUT2D eigenvalue weighted by molar-refractivity contribution is 7.89. The minimum Gasteiger partial charge on any atom is -0.381 e. The molecule has 4 fully saturated rings. The van der Waals surface area contributed by atoms with Crippen molar-refractivity contribution in [1.29, 1.82) is 5.26 Å². The van der Waals surface area contributed by atoms with Crippen molar-refractivity contribution in [3.63, 3.8) is 0 Å². The van der Waals surface area contributed by atoms with Crippen LogP contribution in [0.1, 0.15) is 84.1 Å². The van der Waals surface area contributed by atoms with Crippen LogP contribution in [0.2, 0.25) is 0 Å². The summed E-state index contributed by atoms with van der Waals surface area (Å²) in [5.41, 5.74) is 0.566. The van der Waals surface area contributed by atoms with Crippen molar-refractivity contribution in [1.82, 2.24) is 9.29 Å². The first kappa shape index (κ1) is 27.1. The largest absolute Gasteiger partial charge is 0.381 e. The summed E-state index contributed by atoms with van der Waals surface area (Å²) in [6.45, 7) is 8.45. The SMILES string of the molecule is CCOC[C@H]1CC[C@@H]2C3CC[C@@]4(C)C(CCC4[C@@H](C)N(C)S(=O)(=O)c4ccc(C#N)cn4)[C@@H]3CC[C@@H]2C1. The molecule has 0 spiro atoms. The molecule has 4 aliphatic carbocycles. The quantitative estimate of drug-likeness (QED) is 0.442. The molecule has 0 bridgehead atoms. The molecule has 37 heavy (non-hydrogen) atoms. The molecule has 4 aliphatic rings. The molecular weight excluding hydrogens is 482 g/mol. The number of rotatable bonds is 7. The van der Waals surface area contributed by atoms with E-state index >= 15 is 0 Å². The normalized spacial score (nSPS) is 38.3. The fourth-order valence-corrected chi connectivity index (χ4v) is 10.7. The van der Waals surface area contributed by atoms with Crippen molar-refractivity contribution in [3.05, 3.63) is 23.9 Å². The summed E-state index contributed by atoms with van der Waals surface area (Å²) in [4.78, 5) is 4.10. The minimum atomic E-state index is -3.71. The molecule has 7 heteroatoms. The average molecular weight is 528 g/mol. The van der Waals surface area contributed by atoms with E-state index in [1.165, 1.54) is 69.7 Å². The molecule has 0 aliphatic heterocycles. The topological polar surface area (TPSA) is 83.3 Å². The molecule has 0 amide bonds. The van der Waals surface area contributed by atoms with E-state index in [2.05, 4.69) is 25.8 Å². The fourth-order valence-electron chi connectivity index (χ4n) is 9.44. The maximum absolute atomic E-state index is 13.4. The molecule has 5 rings (SSSR count). The summed E-state index contributed by atoms with van der Waals surface area (Å²) in [5.74, 6) is 5.28. The summed E-state index contributed by atoms with van der Waals surface area (Å²) in [6.07, 6.45) is 13.0. The first-order valence-corrected chi connectivity index (χ1v) is 16.1. The van der Waals surface area contributed by atoms with Crippen LogP contribution in [-0.4, -0.2) is 44.0 Å². The molecule has 6 nitrogen and oxygen atoms in total. The van der Waals surface area contributed by atoms with E-state index in [4.69, 9.17) is 10.00 Å². The Labute approximate surface area is 224 Å². The monoisotopic (exact) mass is 527 g/mol. The van der Waals surface area contributed by atoms with Crippen LogP contribution in [-0.2, 0) is 14.8 Å². The second-order valence-electron chi connectivity index (χ2n) is 12.8. The van der Waals surface area contributed by atoms with Gasteiger partial charge in [-0.1, -0.05) is 6.92 Å². The van der Waals surface area contributed by atoms with Gasteiger partial charge in [-0.2, -0.15) is 9.57 Å². The van der Waals surface area contributed by atoms with Crippen LogP contribution in [0.3, 0.4) is 0 Å². The van der Waals surface area contributed by atoms with Gasteiger partial charge in [0.2, 0.25) is 0 Å². The van der Waals surface area contributed by atoms with Gasteiger partial charge in [0, 0.05) is 32.5 Å². The Kier molecular flexibility index (Phi) is 7.75. The van der Waals surface area contributed by atoms with Crippen LogP contribution in [0, 0.1) is 58.2 Å². The number of fused-ring (bicyclic) bond motifs is 5. The molecule has 1 aromatic rings. The standard InChI is InChI=1S/C30H45N3O3S/c1-5-36-19-21-6-9-24-23(16-21)8-10-26-25(24)14-15-30(3)27(11-12-28(26)30)20(2)33(4)37(34,35)29-13-7-22(17-31)18-32-29/h7,13,18,20-21,23-28H,5-6,8-12,14-16,19H2,1-4H3/t20-,21+,23-,24+,25?,26-,27?,28?,30-/m1/s1. The van der Waals surface area contributed by atoms with E-state index in [9.17, 15) is 8.42 Å². The molecule has 204 valence electrons. The number of nitrogens with zero attached hydrogens (tertiary/aromatic N) is 3. The summed E-state index contributed by atoms with van der Waals surface area (Å²) in [7, 11) is -2.00. The molecule has 0 radical (unpaired) electrons. The van der Waals surface area contributed by atoms with Crippen molar-refractivity contribution in [2.45, 2.75) is 89.6 Å². The lowest BCUT2D eigenvalue weighted by Crippen LogP contribution is -2.51. The highest BCUT2D eigenvalue weighted by Crippen LogP contribution is 2.65. The summed E-state index contributed by atoms with van der Waals surface area (Å²) >= 11 is 0. The highest BCUT2D eigenvalue weighted by atomic mass is 32.2. The molecule has 3 unspecified atom stereocenters. The Morgan fingerprint density at radius 1 is 1.14 bits per heavy atom. The maximum Gasteiger partial charge on any atom is 0.260 e. The first-order chi connectivity index (χ1) is 17.7. The first-order valence-electron chi connectivity index (χ1n) is 14.6. The van der Waals surface area contributed by atoms with Crippen molar-refractivity contribution >= 4 is 10.0 Å². The number of aromatic nitrogens is 1. The zero-order valence-electron chi connectivity index (χ0n) is 23.1. The van der Waals surface area contributed by atoms with Crippen molar-refractivity contribution < 1.29 is 13.2 Å². The van der Waals surface area contributed by atoms with Crippen molar-refractivity contribution in [2.75, 3.05) is 20.3 Å². The van der Waals surface area contributed by atoms with Crippen LogP contribution in [0.25, 0.3) is 0 Å². The van der Waals surface area contributed by atoms with E-state index in [1.807, 2.05) is 6.07 Å². The van der Waals surface area contributed by atoms with Gasteiger partial charge in [0.05, 0.1) is 5.56 Å². The molecular formula is C30H45N3O3S. The van der Waals surface area contributed by atoms with Gasteiger partial charge in [-0.15, -0.1) is 0 Å². The molecule has 1 aromatic heterocycles. The van der Waals surface area contributed by atoms with Gasteiger partial charge in [0.25, 0.3) is 10.0 Å². The number of sulfonamides is 1. The second-order valence-corrected chi connectivity index (χ2v) is 14.7. The van der Waals surface area contributed by atoms with Crippen LogP contribution in [0.15, 0.2) is 23.4 Å². The smallest absolute Gasteiger partial charge is 0.260 e. The highest BCUT2D eigenvalue weighted by Gasteiger charge is 2.58. The Balaban J connectivity index is 1.28. The Bertz CT molecular complexity index is 1100. The van der Waals surface area contributed by atoms with Crippen molar-refractivity contribution in [2.24, 2.45) is 46.8 Å². The van der Waals surface area contributed by atoms with E-state index in [-0.39, 0.29) is 16.5 Å². The maximum atomic E-state index is 13.4. The third-order valence-corrected chi connectivity index (χ3v) is 13.2. The zero-order chi connectivity index (χ0) is 26.4. The van der Waals surface area contributed by atoms with Gasteiger partial charge in [-0.25, -0.2) is 13.4 Å². The minimum absolute atomic E-state index is 0.0301. The number of pyridine rings is 1. The van der Waals surface area contributed by atoms with Gasteiger partial charge in [0.15, 0.2) is 5.03 Å². The average Bonchev–Trinajstić information content (AvgIpc) is 3.27. The van der Waals surface area contributed by atoms with Crippen molar-refractivity contribution in [3.8, 4) is 6.07 Å². The third-order valence-electron chi connectivity index (χ3n) is 11.4. The molecule has 0 aromatic carbocycles. The summed E-state index contributed by atoms with van der Waals surface area (Å²) in [5, 5.41) is 9.08. The Hall–Kier alpha value is -1.49. The van der Waals surface area contributed by atoms with Gasteiger partial charge in [-0.05, 0) is 131 Å². The van der Waals surface area contributed by atoms with Crippen LogP contribution >= 0.6 is 0 Å². The van der Waals surface area contributed by atoms with Gasteiger partial charge >= 0.3 is 0 Å². The van der Waals surface area contributed by atoms with Crippen LogP contribution < -0.4 is 0 Å². The number of hydrogen-bond donors (Lipinski definition) is 0. The van der Waals surface area contributed by atoms with E-state index < -0.39 is 10.0 Å². The van der Waals surface area contributed by atoms with E-state index in [0.717, 1.165) is 49.2 Å². The third kappa shape index (κ3) is 4.76. The lowest BCUT2D eigenvalue weighted by Gasteiger charge is -2.57. The molecule has 0 saturated heterocycles. The number of hydrogen-bond acceptors (Lipinski definition) is 5. The summed E-state index contributed by atoms with van der Waals surface area (Å²) in [6, 6.07) is 4.92. The predicted octanol–water partition coefficient (Wildman–Crippen LogP) is 5.88. The molecule has 4 saturated carbocycles. The van der Waals surface area contributed by atoms with Crippen LogP contribution in [0.4, 0.5) is 0 Å². The number of nitriles is 1. The molecule has 1 heterocycles. The van der Waals surface area contributed by atoms with E-state index in [1.54, 1.807) is 11.4 Å². The lowest BCUT2D eigenvalue weighted by molar-refractivity contribution is -0.0774. The lowest BCUT2D eigenvalue weighted by atomic mass is 9.49. The Morgan fingerprint density at radius 2 is 1.92 bits per heavy atom. The Morgan fingerprint density at radius 3 is 2.62 bits per heavy atom. The molecule has 9 atom stereocenters. The number of ether oxygens (including phenoxy) is 1. The van der Waals surface area contributed by atoms with Gasteiger partial charge in [0.1, 0.15) is 6.07 Å². The fraction of sp³-hybridized carbons (Fsp3) is 0.800. The molecule has 0 N–H and O–H groups in total.